The molecule has 1 amide bonds. The van der Waals surface area contributed by atoms with E-state index in [0.29, 0.717) is 15.9 Å². The molecule has 0 radical (unpaired) electrons. The van der Waals surface area contributed by atoms with Gasteiger partial charge in [0.2, 0.25) is 5.91 Å². The Morgan fingerprint density at radius 1 is 1.11 bits per heavy atom. The number of rotatable bonds is 5. The van der Waals surface area contributed by atoms with Crippen LogP contribution < -0.4 is 10.9 Å². The van der Waals surface area contributed by atoms with Crippen LogP contribution in [0.5, 0.6) is 0 Å². The molecule has 4 aromatic rings. The minimum absolute atomic E-state index is 0.216. The van der Waals surface area contributed by atoms with Gasteiger partial charge in [-0.2, -0.15) is 0 Å². The standard InChI is InChI=1S/C20H15ClN4O2S/c21-14-9-7-13(8-10-14)19(17-6-3-11-28-17)22-18(26)12-25-20(27)15-4-1-2-5-16(15)23-24-25/h1-11,19H,12H2,(H,22,26). The zero-order valence-electron chi connectivity index (χ0n) is 14.6. The van der Waals surface area contributed by atoms with E-state index < -0.39 is 0 Å². The van der Waals surface area contributed by atoms with E-state index in [-0.39, 0.29) is 24.1 Å². The van der Waals surface area contributed by atoms with Crippen LogP contribution in [0.4, 0.5) is 0 Å². The molecule has 2 heterocycles. The number of amides is 1. The topological polar surface area (TPSA) is 76.9 Å². The summed E-state index contributed by atoms with van der Waals surface area (Å²) in [5.74, 6) is -0.333. The zero-order chi connectivity index (χ0) is 19.5. The van der Waals surface area contributed by atoms with Crippen molar-refractivity contribution in [3.05, 3.63) is 91.9 Å². The summed E-state index contributed by atoms with van der Waals surface area (Å²) in [7, 11) is 0. The van der Waals surface area contributed by atoms with Gasteiger partial charge < -0.3 is 5.32 Å². The van der Waals surface area contributed by atoms with Gasteiger partial charge in [0.25, 0.3) is 5.56 Å². The number of fused-ring (bicyclic) bond motifs is 1. The first-order chi connectivity index (χ1) is 13.6. The Hall–Kier alpha value is -3.03. The second-order valence-electron chi connectivity index (χ2n) is 6.14. The van der Waals surface area contributed by atoms with Crippen LogP contribution in [0.3, 0.4) is 0 Å². The summed E-state index contributed by atoms with van der Waals surface area (Å²) in [6, 6.07) is 17.8. The molecule has 0 bridgehead atoms. The lowest BCUT2D eigenvalue weighted by atomic mass is 10.1. The molecule has 0 aliphatic rings. The van der Waals surface area contributed by atoms with Crippen molar-refractivity contribution in [2.45, 2.75) is 12.6 Å². The van der Waals surface area contributed by atoms with E-state index in [4.69, 9.17) is 11.6 Å². The van der Waals surface area contributed by atoms with Crippen LogP contribution in [0.1, 0.15) is 16.5 Å². The number of thiophene rings is 1. The molecule has 8 heteroatoms. The fourth-order valence-electron chi connectivity index (χ4n) is 2.90. The summed E-state index contributed by atoms with van der Waals surface area (Å²) in [6.45, 7) is -0.216. The molecule has 1 unspecified atom stereocenters. The Bertz CT molecular complexity index is 1170. The molecular formula is C20H15ClN4O2S. The van der Waals surface area contributed by atoms with Crippen molar-refractivity contribution >= 4 is 39.7 Å². The molecule has 6 nitrogen and oxygen atoms in total. The highest BCUT2D eigenvalue weighted by molar-refractivity contribution is 7.10. The van der Waals surface area contributed by atoms with Gasteiger partial charge in [-0.15, -0.1) is 16.4 Å². The lowest BCUT2D eigenvalue weighted by molar-refractivity contribution is -0.122. The van der Waals surface area contributed by atoms with Gasteiger partial charge in [-0.05, 0) is 41.3 Å². The molecule has 0 aliphatic heterocycles. The Morgan fingerprint density at radius 2 is 1.89 bits per heavy atom. The highest BCUT2D eigenvalue weighted by Gasteiger charge is 2.19. The number of hydrogen-bond donors (Lipinski definition) is 1. The van der Waals surface area contributed by atoms with E-state index in [2.05, 4.69) is 15.6 Å². The first kappa shape index (κ1) is 18.3. The molecule has 28 heavy (non-hydrogen) atoms. The molecule has 0 fully saturated rings. The van der Waals surface area contributed by atoms with Crippen LogP contribution in [-0.4, -0.2) is 20.9 Å². The molecule has 0 aliphatic carbocycles. The van der Waals surface area contributed by atoms with Crippen LogP contribution >= 0.6 is 22.9 Å². The molecule has 2 aromatic heterocycles. The fraction of sp³-hybridized carbons (Fsp3) is 0.100. The van der Waals surface area contributed by atoms with Crippen LogP contribution in [0.2, 0.25) is 5.02 Å². The summed E-state index contributed by atoms with van der Waals surface area (Å²) in [5, 5.41) is 13.9. The van der Waals surface area contributed by atoms with E-state index in [0.717, 1.165) is 15.1 Å². The van der Waals surface area contributed by atoms with Crippen LogP contribution in [0, 0.1) is 0 Å². The van der Waals surface area contributed by atoms with Gasteiger partial charge in [-0.3, -0.25) is 9.59 Å². The van der Waals surface area contributed by atoms with Gasteiger partial charge in [0, 0.05) is 9.90 Å². The van der Waals surface area contributed by atoms with Gasteiger partial charge in [-0.1, -0.05) is 47.1 Å². The Kier molecular flexibility index (Phi) is 5.18. The maximum atomic E-state index is 12.7. The molecule has 1 atom stereocenters. The largest absolute Gasteiger partial charge is 0.343 e. The minimum atomic E-state index is -0.347. The van der Waals surface area contributed by atoms with Crippen molar-refractivity contribution in [1.29, 1.82) is 0 Å². The van der Waals surface area contributed by atoms with E-state index in [9.17, 15) is 9.59 Å². The average Bonchev–Trinajstić information content (AvgIpc) is 3.24. The fourth-order valence-corrected chi connectivity index (χ4v) is 3.83. The third-order valence-corrected chi connectivity index (χ3v) is 5.45. The molecule has 0 spiro atoms. The number of carbonyl (C=O) groups is 1. The maximum absolute atomic E-state index is 12.7. The minimum Gasteiger partial charge on any atom is -0.343 e. The number of aromatic nitrogens is 3. The Balaban J connectivity index is 1.59. The van der Waals surface area contributed by atoms with Crippen molar-refractivity contribution < 1.29 is 4.79 Å². The first-order valence-electron chi connectivity index (χ1n) is 8.52. The molecule has 140 valence electrons. The third kappa shape index (κ3) is 3.81. The summed E-state index contributed by atoms with van der Waals surface area (Å²) >= 11 is 7.52. The average molecular weight is 411 g/mol. The molecule has 0 saturated carbocycles. The number of hydrogen-bond acceptors (Lipinski definition) is 5. The van der Waals surface area contributed by atoms with Gasteiger partial charge in [0.1, 0.15) is 12.1 Å². The van der Waals surface area contributed by atoms with Crippen molar-refractivity contribution in [1.82, 2.24) is 20.3 Å². The highest BCUT2D eigenvalue weighted by atomic mass is 35.5. The van der Waals surface area contributed by atoms with E-state index in [1.54, 1.807) is 36.4 Å². The maximum Gasteiger partial charge on any atom is 0.278 e. The molecule has 4 rings (SSSR count). The number of benzene rings is 2. The molecular weight excluding hydrogens is 396 g/mol. The summed E-state index contributed by atoms with van der Waals surface area (Å²) in [5.41, 5.74) is 1.05. The number of halogens is 1. The van der Waals surface area contributed by atoms with Gasteiger partial charge in [0.15, 0.2) is 0 Å². The summed E-state index contributed by atoms with van der Waals surface area (Å²) < 4.78 is 1.07. The van der Waals surface area contributed by atoms with Crippen LogP contribution in [0.25, 0.3) is 10.9 Å². The normalized spacial score (nSPS) is 12.0. The second kappa shape index (κ2) is 7.92. The zero-order valence-corrected chi connectivity index (χ0v) is 16.2. The Morgan fingerprint density at radius 3 is 2.64 bits per heavy atom. The highest BCUT2D eigenvalue weighted by Crippen LogP contribution is 2.27. The van der Waals surface area contributed by atoms with E-state index >= 15 is 0 Å². The molecule has 1 N–H and O–H groups in total. The number of nitrogens with zero attached hydrogens (tertiary/aromatic N) is 3. The summed E-state index contributed by atoms with van der Waals surface area (Å²) in [4.78, 5) is 26.2. The van der Waals surface area contributed by atoms with E-state index in [1.165, 1.54) is 11.3 Å². The van der Waals surface area contributed by atoms with Gasteiger partial charge in [-0.25, -0.2) is 4.68 Å². The Labute approximate surface area is 169 Å². The summed E-state index contributed by atoms with van der Waals surface area (Å²) in [6.07, 6.45) is 0. The number of carbonyl (C=O) groups excluding carboxylic acids is 1. The van der Waals surface area contributed by atoms with Crippen molar-refractivity contribution in [3.63, 3.8) is 0 Å². The van der Waals surface area contributed by atoms with Crippen molar-refractivity contribution in [2.24, 2.45) is 0 Å². The molecule has 2 aromatic carbocycles. The number of nitrogens with one attached hydrogen (secondary N) is 1. The van der Waals surface area contributed by atoms with E-state index in [1.807, 2.05) is 29.6 Å². The molecule has 0 saturated heterocycles. The van der Waals surface area contributed by atoms with Crippen LogP contribution in [0.15, 0.2) is 70.8 Å². The smallest absolute Gasteiger partial charge is 0.278 e. The predicted molar refractivity (Wildman–Crippen MR) is 110 cm³/mol. The van der Waals surface area contributed by atoms with Gasteiger partial charge >= 0.3 is 0 Å². The predicted octanol–water partition coefficient (Wildman–Crippen LogP) is 3.41. The second-order valence-corrected chi connectivity index (χ2v) is 7.55. The SMILES string of the molecule is O=C(Cn1nnc2ccccc2c1=O)NC(c1ccc(Cl)cc1)c1cccs1. The van der Waals surface area contributed by atoms with Gasteiger partial charge in [0.05, 0.1) is 11.4 Å². The lowest BCUT2D eigenvalue weighted by Gasteiger charge is -2.18. The first-order valence-corrected chi connectivity index (χ1v) is 9.78. The monoisotopic (exact) mass is 410 g/mol. The quantitative estimate of drug-likeness (QED) is 0.547. The lowest BCUT2D eigenvalue weighted by Crippen LogP contribution is -2.36. The van der Waals surface area contributed by atoms with Crippen LogP contribution in [-0.2, 0) is 11.3 Å². The van der Waals surface area contributed by atoms with Crippen molar-refractivity contribution in [2.75, 3.05) is 0 Å². The van der Waals surface area contributed by atoms with Crippen molar-refractivity contribution in [3.8, 4) is 0 Å². The third-order valence-electron chi connectivity index (χ3n) is 4.26.